The molecule has 1 aliphatic carbocycles. The number of alkyl halides is 1. The molecule has 0 saturated heterocycles. The predicted octanol–water partition coefficient (Wildman–Crippen LogP) is 3.38. The number of rotatable bonds is 2. The van der Waals surface area contributed by atoms with Crippen molar-refractivity contribution in [3.05, 3.63) is 10.4 Å². The lowest BCUT2D eigenvalue weighted by Crippen LogP contribution is -2.36. The summed E-state index contributed by atoms with van der Waals surface area (Å²) in [6.07, 6.45) is 7.45. The van der Waals surface area contributed by atoms with Gasteiger partial charge in [-0.3, -0.25) is 0 Å². The fourth-order valence-electron chi connectivity index (χ4n) is 3.14. The number of thiophene rings is 1. The predicted molar refractivity (Wildman–Crippen MR) is 91.5 cm³/mol. The Balaban J connectivity index is 1.98. The number of hydrogen-bond donors (Lipinski definition) is 0. The fourth-order valence-corrected chi connectivity index (χ4v) is 5.47. The highest BCUT2D eigenvalue weighted by Gasteiger charge is 2.36. The third kappa shape index (κ3) is 1.98. The number of ether oxygens (including phenoxy) is 1. The van der Waals surface area contributed by atoms with Crippen molar-refractivity contribution in [1.29, 1.82) is 0 Å². The van der Waals surface area contributed by atoms with Crippen molar-refractivity contribution in [3.8, 4) is 5.88 Å². The van der Waals surface area contributed by atoms with Crippen LogP contribution in [0.2, 0.25) is 0 Å². The van der Waals surface area contributed by atoms with Crippen molar-refractivity contribution in [1.82, 2.24) is 4.98 Å². The summed E-state index contributed by atoms with van der Waals surface area (Å²) in [5.41, 5.74) is 1.52. The summed E-state index contributed by atoms with van der Waals surface area (Å²) in [7, 11) is 0. The summed E-state index contributed by atoms with van der Waals surface area (Å²) in [6, 6.07) is 0. The molecule has 3 nitrogen and oxygen atoms in total. The molecule has 4 rings (SSSR count). The lowest BCUT2D eigenvalue weighted by atomic mass is 9.97. The van der Waals surface area contributed by atoms with E-state index in [-0.39, 0.29) is 0 Å². The van der Waals surface area contributed by atoms with Gasteiger partial charge >= 0.3 is 5.16 Å². The molecular weight excluding hydrogens is 403 g/mol. The average molecular weight is 419 g/mol. The van der Waals surface area contributed by atoms with Crippen LogP contribution in [0.5, 0.6) is 5.88 Å². The van der Waals surface area contributed by atoms with Crippen molar-refractivity contribution in [2.24, 2.45) is 0 Å². The van der Waals surface area contributed by atoms with Gasteiger partial charge in [-0.1, -0.05) is 33.9 Å². The van der Waals surface area contributed by atoms with E-state index in [0.29, 0.717) is 6.10 Å². The Morgan fingerprint density at radius 1 is 1.45 bits per heavy atom. The molecule has 3 heterocycles. The topological polar surface area (TPSA) is 26.0 Å². The number of fused-ring (bicyclic) bond motifs is 5. The summed E-state index contributed by atoms with van der Waals surface area (Å²) in [4.78, 5) is 7.63. The molecule has 0 fully saturated rings. The van der Waals surface area contributed by atoms with Gasteiger partial charge < -0.3 is 4.74 Å². The van der Waals surface area contributed by atoms with Crippen LogP contribution in [0.15, 0.2) is 5.16 Å². The molecule has 0 amide bonds. The van der Waals surface area contributed by atoms with E-state index in [9.17, 15) is 0 Å². The summed E-state index contributed by atoms with van der Waals surface area (Å²) >= 11 is 6.02. The zero-order valence-electron chi connectivity index (χ0n) is 11.3. The molecule has 20 heavy (non-hydrogen) atoms. The molecule has 2 aromatic rings. The van der Waals surface area contributed by atoms with E-state index >= 15 is 0 Å². The van der Waals surface area contributed by atoms with Crippen molar-refractivity contribution < 1.29 is 9.30 Å². The Bertz CT molecular complexity index is 686. The smallest absolute Gasteiger partial charge is 0.363 e. The van der Waals surface area contributed by atoms with E-state index in [4.69, 9.17) is 9.72 Å². The van der Waals surface area contributed by atoms with Gasteiger partial charge in [0, 0.05) is 9.30 Å². The SMILES string of the molecule is CSc1nc2sc3c(c2c2[n+]1CC(CI)O2)CCCC3. The minimum absolute atomic E-state index is 0.299. The van der Waals surface area contributed by atoms with E-state index in [1.54, 1.807) is 16.6 Å². The maximum atomic E-state index is 6.25. The second-order valence-corrected chi connectivity index (χ2v) is 8.04. The van der Waals surface area contributed by atoms with Gasteiger partial charge in [0.15, 0.2) is 0 Å². The molecule has 1 unspecified atom stereocenters. The minimum atomic E-state index is 0.299. The third-order valence-electron chi connectivity index (χ3n) is 4.06. The first-order valence-corrected chi connectivity index (χ1v) is 10.5. The van der Waals surface area contributed by atoms with Crippen LogP contribution < -0.4 is 9.30 Å². The Kier molecular flexibility index (Phi) is 3.58. The summed E-state index contributed by atoms with van der Waals surface area (Å²) < 4.78 is 9.56. The first-order valence-electron chi connectivity index (χ1n) is 6.96. The lowest BCUT2D eigenvalue weighted by Gasteiger charge is -2.10. The highest BCUT2D eigenvalue weighted by molar-refractivity contribution is 14.1. The molecular formula is C14H16IN2OS2+. The zero-order valence-corrected chi connectivity index (χ0v) is 15.1. The molecule has 2 aliphatic rings. The largest absolute Gasteiger partial charge is 0.453 e. The molecule has 0 spiro atoms. The number of thioether (sulfide) groups is 1. The van der Waals surface area contributed by atoms with Gasteiger partial charge in [-0.2, -0.15) is 4.57 Å². The van der Waals surface area contributed by atoms with E-state index in [0.717, 1.165) is 22.0 Å². The first kappa shape index (κ1) is 13.6. The molecule has 0 saturated carbocycles. The van der Waals surface area contributed by atoms with Crippen molar-refractivity contribution in [2.75, 3.05) is 10.7 Å². The van der Waals surface area contributed by atoms with Gasteiger partial charge in [0.2, 0.25) is 4.83 Å². The molecule has 2 aromatic heterocycles. The fraction of sp³-hybridized carbons (Fsp3) is 0.571. The monoisotopic (exact) mass is 419 g/mol. The van der Waals surface area contributed by atoms with Gasteiger partial charge in [-0.05, 0) is 54.2 Å². The Labute approximate surface area is 140 Å². The van der Waals surface area contributed by atoms with Gasteiger partial charge in [-0.25, -0.2) is 0 Å². The Morgan fingerprint density at radius 3 is 3.10 bits per heavy atom. The number of nitrogens with zero attached hydrogens (tertiary/aromatic N) is 2. The van der Waals surface area contributed by atoms with E-state index in [1.807, 2.05) is 11.3 Å². The van der Waals surface area contributed by atoms with Crippen molar-refractivity contribution in [3.63, 3.8) is 0 Å². The van der Waals surface area contributed by atoms with E-state index in [2.05, 4.69) is 33.4 Å². The quantitative estimate of drug-likeness (QED) is 0.246. The summed E-state index contributed by atoms with van der Waals surface area (Å²) in [5, 5.41) is 2.41. The molecule has 0 bridgehead atoms. The second kappa shape index (κ2) is 5.28. The number of hydrogen-bond acceptors (Lipinski definition) is 4. The van der Waals surface area contributed by atoms with Crippen molar-refractivity contribution in [2.45, 2.75) is 43.5 Å². The number of aromatic nitrogens is 2. The van der Waals surface area contributed by atoms with Gasteiger partial charge in [0.1, 0.15) is 18.0 Å². The molecule has 0 N–H and O–H groups in total. The molecule has 6 heteroatoms. The molecule has 0 radical (unpaired) electrons. The van der Waals surface area contributed by atoms with E-state index < -0.39 is 0 Å². The Morgan fingerprint density at radius 2 is 2.30 bits per heavy atom. The molecule has 106 valence electrons. The Hall–Kier alpha value is -0.0800. The van der Waals surface area contributed by atoms with Crippen LogP contribution in [0.3, 0.4) is 0 Å². The van der Waals surface area contributed by atoms with Crippen LogP contribution in [0.1, 0.15) is 23.3 Å². The number of halogens is 1. The van der Waals surface area contributed by atoms with Crippen LogP contribution in [0.25, 0.3) is 10.2 Å². The van der Waals surface area contributed by atoms with Crippen LogP contribution >= 0.6 is 45.7 Å². The van der Waals surface area contributed by atoms with E-state index in [1.165, 1.54) is 41.5 Å². The lowest BCUT2D eigenvalue weighted by molar-refractivity contribution is -0.720. The summed E-state index contributed by atoms with van der Waals surface area (Å²) in [5.74, 6) is 1.08. The standard InChI is InChI=1S/C14H16IN2OS2/c1-19-14-16-12-11(9-4-2-3-5-10(9)20-12)13-17(14)7-8(6-15)18-13/h8H,2-7H2,1H3/q+1. The van der Waals surface area contributed by atoms with Crippen LogP contribution in [-0.4, -0.2) is 21.8 Å². The highest BCUT2D eigenvalue weighted by atomic mass is 127. The van der Waals surface area contributed by atoms with Gasteiger partial charge in [-0.15, -0.1) is 0 Å². The van der Waals surface area contributed by atoms with Crippen LogP contribution in [-0.2, 0) is 19.4 Å². The summed E-state index contributed by atoms with van der Waals surface area (Å²) in [6.45, 7) is 0.946. The minimum Gasteiger partial charge on any atom is -0.453 e. The zero-order chi connectivity index (χ0) is 13.7. The first-order chi connectivity index (χ1) is 9.81. The maximum Gasteiger partial charge on any atom is 0.363 e. The molecule has 0 aromatic carbocycles. The van der Waals surface area contributed by atoms with Gasteiger partial charge in [0.25, 0.3) is 5.88 Å². The average Bonchev–Trinajstić information content (AvgIpc) is 3.06. The second-order valence-electron chi connectivity index (χ2n) is 5.30. The van der Waals surface area contributed by atoms with Crippen LogP contribution in [0, 0.1) is 0 Å². The van der Waals surface area contributed by atoms with Gasteiger partial charge in [0.05, 0.1) is 0 Å². The number of aryl methyl sites for hydroxylation is 2. The maximum absolute atomic E-state index is 6.25. The van der Waals surface area contributed by atoms with Crippen molar-refractivity contribution >= 4 is 55.9 Å². The van der Waals surface area contributed by atoms with Crippen LogP contribution in [0.4, 0.5) is 0 Å². The highest BCUT2D eigenvalue weighted by Crippen LogP contribution is 2.41. The molecule has 1 atom stereocenters. The third-order valence-corrected chi connectivity index (χ3v) is 6.90. The molecule has 1 aliphatic heterocycles. The normalized spacial score (nSPS) is 20.8.